The fourth-order valence-corrected chi connectivity index (χ4v) is 5.22. The number of anilines is 1. The van der Waals surface area contributed by atoms with Crippen molar-refractivity contribution in [2.45, 2.75) is 77.3 Å². The van der Waals surface area contributed by atoms with Crippen LogP contribution in [-0.4, -0.2) is 68.7 Å². The van der Waals surface area contributed by atoms with Crippen LogP contribution in [0.2, 0.25) is 18.1 Å². The molecule has 0 radical (unpaired) electrons. The molecule has 3 rings (SSSR count). The van der Waals surface area contributed by atoms with E-state index in [1.54, 1.807) is 13.8 Å². The predicted molar refractivity (Wildman–Crippen MR) is 131 cm³/mol. The van der Waals surface area contributed by atoms with Crippen LogP contribution in [0.4, 0.5) is 5.95 Å². The number of imidazole rings is 1. The average molecular weight is 532 g/mol. The van der Waals surface area contributed by atoms with Gasteiger partial charge in [-0.25, -0.2) is 4.98 Å². The number of H-pyrrole nitrogens is 1. The Morgan fingerprint density at radius 3 is 2.57 bits per heavy atom. The maximum Gasteiger partial charge on any atom is 0.317 e. The molecule has 0 bridgehead atoms. The lowest BCUT2D eigenvalue weighted by Crippen LogP contribution is -2.50. The van der Waals surface area contributed by atoms with Crippen LogP contribution in [-0.2, 0) is 23.0 Å². The smallest absolute Gasteiger partial charge is 0.317 e. The minimum absolute atomic E-state index is 0.0270. The van der Waals surface area contributed by atoms with Crippen molar-refractivity contribution < 1.29 is 33.0 Å². The van der Waals surface area contributed by atoms with Crippen LogP contribution in [0.3, 0.4) is 0 Å². The van der Waals surface area contributed by atoms with E-state index in [2.05, 4.69) is 20.3 Å². The van der Waals surface area contributed by atoms with Gasteiger partial charge in [0.2, 0.25) is 11.9 Å². The number of aromatic nitrogens is 4. The topological polar surface area (TPSA) is 178 Å². The van der Waals surface area contributed by atoms with Crippen LogP contribution >= 0.6 is 8.25 Å². The molecule has 2 aromatic rings. The lowest BCUT2D eigenvalue weighted by Gasteiger charge is -2.40. The minimum atomic E-state index is -3.44. The maximum absolute atomic E-state index is 12.6. The Bertz CT molecular complexity index is 1160. The number of hydrogen-bond donors (Lipinski definition) is 4. The summed E-state index contributed by atoms with van der Waals surface area (Å²) >= 11 is 0. The third-order valence-electron chi connectivity index (χ3n) is 6.41. The number of aromatic amines is 1. The van der Waals surface area contributed by atoms with Crippen molar-refractivity contribution in [1.82, 2.24) is 19.5 Å². The van der Waals surface area contributed by atoms with Gasteiger partial charge < -0.3 is 19.2 Å². The molecule has 13 nitrogen and oxygen atoms in total. The molecule has 1 fully saturated rings. The fourth-order valence-electron chi connectivity index (χ4n) is 3.41. The molecule has 5 unspecified atom stereocenters. The Kier molecular flexibility index (Phi) is 8.06. The highest BCUT2D eigenvalue weighted by molar-refractivity contribution is 7.32. The van der Waals surface area contributed by atoms with Gasteiger partial charge in [-0.2, -0.15) is 4.98 Å². The highest BCUT2D eigenvalue weighted by Gasteiger charge is 2.52. The van der Waals surface area contributed by atoms with Crippen molar-refractivity contribution in [3.63, 3.8) is 0 Å². The maximum atomic E-state index is 12.6. The van der Waals surface area contributed by atoms with E-state index in [9.17, 15) is 24.2 Å². The van der Waals surface area contributed by atoms with E-state index in [1.165, 1.54) is 10.9 Å². The van der Waals surface area contributed by atoms with Crippen LogP contribution in [0.5, 0.6) is 0 Å². The molecule has 0 saturated carbocycles. The molecule has 2 aromatic heterocycles. The van der Waals surface area contributed by atoms with Gasteiger partial charge in [0.25, 0.3) is 5.56 Å². The minimum Gasteiger partial charge on any atom is -0.408 e. The Hall–Kier alpha value is -1.93. The Labute approximate surface area is 204 Å². The van der Waals surface area contributed by atoms with Gasteiger partial charge in [0, 0.05) is 5.92 Å². The zero-order chi connectivity index (χ0) is 26.3. The van der Waals surface area contributed by atoms with E-state index in [0.717, 1.165) is 0 Å². The lowest BCUT2D eigenvalue weighted by molar-refractivity contribution is -0.118. The summed E-state index contributed by atoms with van der Waals surface area (Å²) in [6, 6.07) is 0. The summed E-state index contributed by atoms with van der Waals surface area (Å²) in [6.45, 7) is 13.1. The van der Waals surface area contributed by atoms with Crippen molar-refractivity contribution >= 4 is 39.6 Å². The molecule has 1 amide bonds. The summed E-state index contributed by atoms with van der Waals surface area (Å²) in [7, 11) is -5.87. The first kappa shape index (κ1) is 27.7. The lowest BCUT2D eigenvalue weighted by atomic mass is 10.1. The molecule has 0 aliphatic carbocycles. The summed E-state index contributed by atoms with van der Waals surface area (Å²) in [5.41, 5.74) is -0.554. The fraction of sp³-hybridized carbons (Fsp3) is 0.700. The highest BCUT2D eigenvalue weighted by Crippen LogP contribution is 2.44. The number of amides is 1. The van der Waals surface area contributed by atoms with Gasteiger partial charge in [-0.3, -0.25) is 33.5 Å². The summed E-state index contributed by atoms with van der Waals surface area (Å²) < 4.78 is 31.0. The molecule has 1 aliphatic rings. The number of carbonyl (C=O) groups excluding carboxylic acids is 1. The number of nitrogens with zero attached hydrogens (tertiary/aromatic N) is 3. The van der Waals surface area contributed by atoms with Crippen molar-refractivity contribution in [3.05, 3.63) is 16.7 Å². The van der Waals surface area contributed by atoms with Crippen molar-refractivity contribution in [2.75, 3.05) is 11.9 Å². The number of rotatable bonds is 8. The van der Waals surface area contributed by atoms with Gasteiger partial charge in [-0.1, -0.05) is 34.6 Å². The summed E-state index contributed by atoms with van der Waals surface area (Å²) in [5, 5.41) is 12.4. The van der Waals surface area contributed by atoms with Crippen LogP contribution in [0.1, 0.15) is 40.8 Å². The highest BCUT2D eigenvalue weighted by atomic mass is 31.1. The van der Waals surface area contributed by atoms with Crippen LogP contribution in [0.25, 0.3) is 11.2 Å². The van der Waals surface area contributed by atoms with E-state index in [-0.39, 0.29) is 34.0 Å². The molecule has 0 aromatic carbocycles. The number of aliphatic hydroxyl groups is 1. The number of ether oxygens (including phenoxy) is 1. The molecular weight excluding hydrogens is 497 g/mol. The second kappa shape index (κ2) is 10.2. The molecule has 3 heterocycles. The molecule has 1 aliphatic heterocycles. The van der Waals surface area contributed by atoms with Gasteiger partial charge in [0.1, 0.15) is 18.3 Å². The molecule has 35 heavy (non-hydrogen) atoms. The number of fused-ring (bicyclic) bond motifs is 1. The van der Waals surface area contributed by atoms with Crippen LogP contribution in [0.15, 0.2) is 11.1 Å². The summed E-state index contributed by atoms with van der Waals surface area (Å²) in [5.74, 6) is -0.779. The molecule has 196 valence electrons. The third kappa shape index (κ3) is 5.74. The molecule has 1 saturated heterocycles. The quantitative estimate of drug-likeness (QED) is 0.290. The molecule has 5 atom stereocenters. The predicted octanol–water partition coefficient (Wildman–Crippen LogP) is 1.76. The zero-order valence-electron chi connectivity index (χ0n) is 20.9. The average Bonchev–Trinajstić information content (AvgIpc) is 3.28. The monoisotopic (exact) mass is 531 g/mol. The van der Waals surface area contributed by atoms with Gasteiger partial charge in [0.15, 0.2) is 25.7 Å². The Morgan fingerprint density at radius 2 is 2.03 bits per heavy atom. The number of hydrogen-bond acceptors (Lipinski definition) is 9. The van der Waals surface area contributed by atoms with E-state index < -0.39 is 53.3 Å². The van der Waals surface area contributed by atoms with Gasteiger partial charge in [0.05, 0.1) is 12.9 Å². The van der Waals surface area contributed by atoms with E-state index in [0.29, 0.717) is 0 Å². The molecular formula is C20H34N5O8PSi. The van der Waals surface area contributed by atoms with Crippen molar-refractivity contribution in [3.8, 4) is 0 Å². The molecule has 0 spiro atoms. The van der Waals surface area contributed by atoms with Gasteiger partial charge >= 0.3 is 8.25 Å². The van der Waals surface area contributed by atoms with Gasteiger partial charge in [-0.15, -0.1) is 0 Å². The van der Waals surface area contributed by atoms with Crippen molar-refractivity contribution in [1.29, 1.82) is 0 Å². The van der Waals surface area contributed by atoms with Crippen LogP contribution < -0.4 is 10.9 Å². The summed E-state index contributed by atoms with van der Waals surface area (Å²) in [4.78, 5) is 45.2. The normalized spacial score (nSPS) is 24.3. The largest absolute Gasteiger partial charge is 0.408 e. The second-order valence-corrected chi connectivity index (χ2v) is 15.8. The van der Waals surface area contributed by atoms with E-state index >= 15 is 0 Å². The first-order valence-corrected chi connectivity index (χ1v) is 15.4. The molecule has 4 N–H and O–H groups in total. The third-order valence-corrected chi connectivity index (χ3v) is 11.4. The number of aliphatic hydroxyl groups excluding tert-OH is 1. The molecule has 15 heteroatoms. The second-order valence-electron chi connectivity index (χ2n) is 10.3. The van der Waals surface area contributed by atoms with E-state index in [1.807, 2.05) is 33.9 Å². The van der Waals surface area contributed by atoms with Crippen molar-refractivity contribution in [2.24, 2.45) is 5.92 Å². The Morgan fingerprint density at radius 1 is 1.37 bits per heavy atom. The van der Waals surface area contributed by atoms with Crippen LogP contribution in [0, 0.1) is 5.92 Å². The SMILES string of the molecule is CC(C)C(=O)Nc1nc2c(ncn2C2OC(CO)C(O[Si](C)(C)C(C)(C)C)C2O[PH](=O)O)c(=O)[nH]1. The Balaban J connectivity index is 2.07. The number of nitrogens with one attached hydrogen (secondary N) is 2. The number of carbonyl (C=O) groups is 1. The summed E-state index contributed by atoms with van der Waals surface area (Å²) in [6.07, 6.45) is -2.65. The van der Waals surface area contributed by atoms with Gasteiger partial charge in [-0.05, 0) is 18.1 Å². The zero-order valence-corrected chi connectivity index (χ0v) is 22.9. The van der Waals surface area contributed by atoms with E-state index in [4.69, 9.17) is 13.7 Å². The standard InChI is InChI=1S/C20H34N5O8PSi/c1-10(2)16(27)23-19-22-15-12(17(28)24-19)21-9-25(15)18-14(32-34(29)30)13(11(8-26)31-18)33-35(6,7)20(3,4)5/h9-11,13-14,18,26,34H,8H2,1-7H3,(H,29,30)(H2,22,23,24,27,28). The first-order chi connectivity index (χ1) is 16.2. The first-order valence-electron chi connectivity index (χ1n) is 11.3.